The van der Waals surface area contributed by atoms with Gasteiger partial charge in [0, 0.05) is 19.5 Å². The van der Waals surface area contributed by atoms with Gasteiger partial charge in [0.1, 0.15) is 5.76 Å². The van der Waals surface area contributed by atoms with Gasteiger partial charge in [0.2, 0.25) is 0 Å². The highest BCUT2D eigenvalue weighted by Crippen LogP contribution is 2.36. The zero-order valence-corrected chi connectivity index (χ0v) is 10.9. The number of rotatable bonds is 2. The Morgan fingerprint density at radius 3 is 2.55 bits per heavy atom. The van der Waals surface area contributed by atoms with E-state index in [1.54, 1.807) is 0 Å². The van der Waals surface area contributed by atoms with E-state index >= 15 is 0 Å². The SMILES string of the molecule is O=C(O)N1CC2C=C(OS(=O)(=O)C(F)(F)F)CC(C2)C1. The summed E-state index contributed by atoms with van der Waals surface area (Å²) >= 11 is 0. The van der Waals surface area contributed by atoms with Gasteiger partial charge in [0.05, 0.1) is 0 Å². The molecular formula is C10H12F3NO5S. The maximum absolute atomic E-state index is 12.2. The summed E-state index contributed by atoms with van der Waals surface area (Å²) in [6.45, 7) is 0.295. The van der Waals surface area contributed by atoms with Crippen molar-refractivity contribution in [3.8, 4) is 0 Å². The number of carboxylic acid groups (broad SMARTS) is 1. The summed E-state index contributed by atoms with van der Waals surface area (Å²) in [5.74, 6) is -0.807. The van der Waals surface area contributed by atoms with Gasteiger partial charge < -0.3 is 14.2 Å². The fraction of sp³-hybridized carbons (Fsp3) is 0.700. The van der Waals surface area contributed by atoms with Gasteiger partial charge in [-0.15, -0.1) is 0 Å². The molecule has 1 N–H and O–H groups in total. The quantitative estimate of drug-likeness (QED) is 0.620. The molecule has 2 atom stereocenters. The first kappa shape index (κ1) is 14.9. The van der Waals surface area contributed by atoms with E-state index < -0.39 is 21.7 Å². The van der Waals surface area contributed by atoms with Crippen LogP contribution in [0.1, 0.15) is 12.8 Å². The number of nitrogens with zero attached hydrogens (tertiary/aromatic N) is 1. The van der Waals surface area contributed by atoms with Crippen molar-refractivity contribution in [2.75, 3.05) is 13.1 Å². The van der Waals surface area contributed by atoms with E-state index in [-0.39, 0.29) is 37.1 Å². The van der Waals surface area contributed by atoms with E-state index in [0.29, 0.717) is 6.42 Å². The van der Waals surface area contributed by atoms with Gasteiger partial charge in [-0.2, -0.15) is 21.6 Å². The lowest BCUT2D eigenvalue weighted by Gasteiger charge is -2.38. The average molecular weight is 315 g/mol. The molecule has 2 bridgehead atoms. The molecule has 0 aromatic carbocycles. The zero-order valence-electron chi connectivity index (χ0n) is 10.1. The van der Waals surface area contributed by atoms with Gasteiger partial charge >= 0.3 is 21.7 Å². The zero-order chi connectivity index (χ0) is 15.1. The monoisotopic (exact) mass is 315 g/mol. The van der Waals surface area contributed by atoms with Crippen molar-refractivity contribution in [2.45, 2.75) is 18.3 Å². The first-order valence-corrected chi connectivity index (χ1v) is 7.18. The maximum atomic E-state index is 12.2. The highest BCUT2D eigenvalue weighted by atomic mass is 32.2. The molecule has 1 aliphatic heterocycles. The van der Waals surface area contributed by atoms with Crippen LogP contribution in [-0.4, -0.2) is 43.1 Å². The Hall–Kier alpha value is -1.45. The largest absolute Gasteiger partial charge is 0.534 e. The summed E-state index contributed by atoms with van der Waals surface area (Å²) in [4.78, 5) is 12.0. The van der Waals surface area contributed by atoms with Gasteiger partial charge in [-0.3, -0.25) is 0 Å². The summed E-state index contributed by atoms with van der Waals surface area (Å²) in [7, 11) is -5.66. The Balaban J connectivity index is 2.12. The highest BCUT2D eigenvalue weighted by molar-refractivity contribution is 7.87. The van der Waals surface area contributed by atoms with Crippen LogP contribution in [0.25, 0.3) is 0 Å². The molecule has 0 aromatic rings. The summed E-state index contributed by atoms with van der Waals surface area (Å²) < 4.78 is 62.6. The fourth-order valence-corrected chi connectivity index (χ4v) is 3.04. The Labute approximate surface area is 112 Å². The van der Waals surface area contributed by atoms with Crippen molar-refractivity contribution in [2.24, 2.45) is 11.8 Å². The van der Waals surface area contributed by atoms with Crippen molar-refractivity contribution < 1.29 is 35.7 Å². The lowest BCUT2D eigenvalue weighted by Crippen LogP contribution is -2.44. The number of carbonyl (C=O) groups is 1. The van der Waals surface area contributed by atoms with Crippen LogP contribution in [0.2, 0.25) is 0 Å². The molecule has 6 nitrogen and oxygen atoms in total. The van der Waals surface area contributed by atoms with E-state index in [9.17, 15) is 26.4 Å². The Kier molecular flexibility index (Phi) is 3.61. The summed E-state index contributed by atoms with van der Waals surface area (Å²) in [5, 5.41) is 8.88. The van der Waals surface area contributed by atoms with Gasteiger partial charge in [-0.25, -0.2) is 4.79 Å². The number of hydrogen-bond donors (Lipinski definition) is 1. The minimum Gasteiger partial charge on any atom is -0.465 e. The Bertz CT molecular complexity index is 542. The molecular weight excluding hydrogens is 303 g/mol. The summed E-state index contributed by atoms with van der Waals surface area (Å²) in [6, 6.07) is 0. The molecule has 2 unspecified atom stereocenters. The molecule has 20 heavy (non-hydrogen) atoms. The van der Waals surface area contributed by atoms with Gasteiger partial charge in [-0.1, -0.05) is 0 Å². The Morgan fingerprint density at radius 2 is 2.05 bits per heavy atom. The molecule has 1 aliphatic carbocycles. The molecule has 2 aliphatic rings. The number of piperidine rings is 1. The van der Waals surface area contributed by atoms with Crippen molar-refractivity contribution in [1.82, 2.24) is 4.90 Å². The van der Waals surface area contributed by atoms with Crippen molar-refractivity contribution in [1.29, 1.82) is 0 Å². The predicted octanol–water partition coefficient (Wildman–Crippen LogP) is 1.76. The van der Waals surface area contributed by atoms with Gasteiger partial charge in [-0.05, 0) is 24.3 Å². The third-order valence-corrected chi connectivity index (χ3v) is 4.25. The third-order valence-electron chi connectivity index (χ3n) is 3.25. The van der Waals surface area contributed by atoms with E-state index in [1.807, 2.05) is 0 Å². The highest BCUT2D eigenvalue weighted by Gasteiger charge is 2.49. The molecule has 0 spiro atoms. The molecule has 114 valence electrons. The van der Waals surface area contributed by atoms with Crippen LogP contribution in [-0.2, 0) is 14.3 Å². The summed E-state index contributed by atoms with van der Waals surface area (Å²) in [5.41, 5.74) is -5.46. The minimum absolute atomic E-state index is 0.0183. The molecule has 1 saturated heterocycles. The second-order valence-electron chi connectivity index (χ2n) is 4.87. The number of halogens is 3. The van der Waals surface area contributed by atoms with Crippen LogP contribution < -0.4 is 0 Å². The Morgan fingerprint density at radius 1 is 1.40 bits per heavy atom. The van der Waals surface area contributed by atoms with Crippen LogP contribution >= 0.6 is 0 Å². The smallest absolute Gasteiger partial charge is 0.465 e. The van der Waals surface area contributed by atoms with Crippen molar-refractivity contribution in [3.05, 3.63) is 11.8 Å². The number of allylic oxidation sites excluding steroid dienone is 1. The summed E-state index contributed by atoms with van der Waals surface area (Å²) in [6.07, 6.45) is 0.771. The number of hydrogen-bond acceptors (Lipinski definition) is 4. The topological polar surface area (TPSA) is 83.9 Å². The molecule has 0 radical (unpaired) electrons. The van der Waals surface area contributed by atoms with Crippen molar-refractivity contribution in [3.63, 3.8) is 0 Å². The minimum atomic E-state index is -5.66. The van der Waals surface area contributed by atoms with Crippen LogP contribution in [0.5, 0.6) is 0 Å². The van der Waals surface area contributed by atoms with Crippen LogP contribution in [0.4, 0.5) is 18.0 Å². The van der Waals surface area contributed by atoms with E-state index in [1.165, 1.54) is 11.0 Å². The van der Waals surface area contributed by atoms with E-state index in [2.05, 4.69) is 4.18 Å². The molecule has 1 heterocycles. The van der Waals surface area contributed by atoms with Crippen LogP contribution in [0.15, 0.2) is 11.8 Å². The first-order chi connectivity index (χ1) is 9.08. The average Bonchev–Trinajstić information content (AvgIpc) is 2.25. The molecule has 1 amide bonds. The van der Waals surface area contributed by atoms with E-state index in [4.69, 9.17) is 5.11 Å². The molecule has 0 aromatic heterocycles. The number of alkyl halides is 3. The van der Waals surface area contributed by atoms with Crippen LogP contribution in [0.3, 0.4) is 0 Å². The standard InChI is InChI=1S/C10H12F3NO5S/c11-10(12,13)20(17,18)19-8-2-6-1-7(3-8)5-14(4-6)9(15)16/h2,6-7H,1,3-5H2,(H,15,16). The first-order valence-electron chi connectivity index (χ1n) is 5.78. The molecule has 1 fully saturated rings. The molecule has 10 heteroatoms. The second kappa shape index (κ2) is 4.83. The van der Waals surface area contributed by atoms with E-state index in [0.717, 1.165) is 0 Å². The molecule has 2 rings (SSSR count). The maximum Gasteiger partial charge on any atom is 0.534 e. The lowest BCUT2D eigenvalue weighted by molar-refractivity contribution is -0.0527. The van der Waals surface area contributed by atoms with Gasteiger partial charge in [0.15, 0.2) is 0 Å². The number of likely N-dealkylation sites (tertiary alicyclic amines) is 1. The lowest BCUT2D eigenvalue weighted by atomic mass is 9.82. The number of amides is 1. The molecule has 0 saturated carbocycles. The number of fused-ring (bicyclic) bond motifs is 2. The van der Waals surface area contributed by atoms with Crippen LogP contribution in [0, 0.1) is 11.8 Å². The third kappa shape index (κ3) is 3.00. The second-order valence-corrected chi connectivity index (χ2v) is 6.41. The normalized spacial score (nSPS) is 26.9. The fourth-order valence-electron chi connectivity index (χ4n) is 2.54. The predicted molar refractivity (Wildman–Crippen MR) is 60.0 cm³/mol. The van der Waals surface area contributed by atoms with Crippen molar-refractivity contribution >= 4 is 16.2 Å². The van der Waals surface area contributed by atoms with Gasteiger partial charge in [0.25, 0.3) is 0 Å².